The van der Waals surface area contributed by atoms with Crippen molar-refractivity contribution in [2.75, 3.05) is 18.0 Å². The molecule has 1 unspecified atom stereocenters. The molecule has 8 heteroatoms. The number of benzene rings is 2. The van der Waals surface area contributed by atoms with E-state index >= 15 is 0 Å². The Morgan fingerprint density at radius 3 is 2.37 bits per heavy atom. The Labute approximate surface area is 158 Å². The van der Waals surface area contributed by atoms with Gasteiger partial charge in [0.1, 0.15) is 11.9 Å². The molecule has 1 heterocycles. The first-order valence-electron chi connectivity index (χ1n) is 8.65. The number of anilines is 1. The standard InChI is InChI=1S/C19H21FN2O4S/c1-2-14-5-9-17(10-6-14)22-12-18(26-19(22)23)11-21-27(24,25)13-15-3-7-16(20)8-4-15/h3-10,18,21H,2,11-13H2,1H3. The number of amides is 1. The normalized spacial score (nSPS) is 17.2. The fraction of sp³-hybridized carbons (Fsp3) is 0.316. The van der Waals surface area contributed by atoms with Crippen LogP contribution in [0.25, 0.3) is 0 Å². The molecule has 1 fully saturated rings. The Morgan fingerprint density at radius 2 is 1.74 bits per heavy atom. The summed E-state index contributed by atoms with van der Waals surface area (Å²) in [6.45, 7) is 2.30. The van der Waals surface area contributed by atoms with Gasteiger partial charge in [0, 0.05) is 12.2 Å². The summed E-state index contributed by atoms with van der Waals surface area (Å²) in [6, 6.07) is 12.9. The molecule has 144 valence electrons. The molecule has 0 spiro atoms. The van der Waals surface area contributed by atoms with Crippen LogP contribution in [0.15, 0.2) is 48.5 Å². The lowest BCUT2D eigenvalue weighted by Gasteiger charge is -2.13. The van der Waals surface area contributed by atoms with Gasteiger partial charge in [0.15, 0.2) is 0 Å². The SMILES string of the molecule is CCc1ccc(N2CC(CNS(=O)(=O)Cc3ccc(F)cc3)OC2=O)cc1. The van der Waals surface area contributed by atoms with E-state index in [1.807, 2.05) is 31.2 Å². The van der Waals surface area contributed by atoms with Crippen molar-refractivity contribution in [2.45, 2.75) is 25.2 Å². The van der Waals surface area contributed by atoms with E-state index in [2.05, 4.69) is 4.72 Å². The Bertz CT molecular complexity index is 898. The van der Waals surface area contributed by atoms with E-state index in [9.17, 15) is 17.6 Å². The summed E-state index contributed by atoms with van der Waals surface area (Å²) in [7, 11) is -3.63. The molecule has 0 radical (unpaired) electrons. The van der Waals surface area contributed by atoms with E-state index in [0.29, 0.717) is 11.3 Å². The zero-order valence-corrected chi connectivity index (χ0v) is 15.7. The van der Waals surface area contributed by atoms with Crippen LogP contribution in [0.4, 0.5) is 14.9 Å². The number of rotatable bonds is 7. The lowest BCUT2D eigenvalue weighted by Crippen LogP contribution is -2.35. The topological polar surface area (TPSA) is 75.7 Å². The minimum Gasteiger partial charge on any atom is -0.443 e. The van der Waals surface area contributed by atoms with Crippen LogP contribution in [-0.4, -0.2) is 33.7 Å². The van der Waals surface area contributed by atoms with Crippen molar-refractivity contribution in [1.29, 1.82) is 0 Å². The fourth-order valence-electron chi connectivity index (χ4n) is 2.82. The number of aryl methyl sites for hydroxylation is 1. The molecular weight excluding hydrogens is 371 g/mol. The molecule has 0 aliphatic carbocycles. The van der Waals surface area contributed by atoms with Crippen LogP contribution in [0, 0.1) is 5.82 Å². The van der Waals surface area contributed by atoms with E-state index in [-0.39, 0.29) is 18.8 Å². The summed E-state index contributed by atoms with van der Waals surface area (Å²) in [4.78, 5) is 13.6. The first kappa shape index (κ1) is 19.3. The molecule has 0 bridgehead atoms. The third-order valence-corrected chi connectivity index (χ3v) is 5.65. The van der Waals surface area contributed by atoms with Crippen molar-refractivity contribution in [2.24, 2.45) is 0 Å². The van der Waals surface area contributed by atoms with Crippen molar-refractivity contribution in [1.82, 2.24) is 4.72 Å². The number of carbonyl (C=O) groups is 1. The highest BCUT2D eigenvalue weighted by atomic mass is 32.2. The monoisotopic (exact) mass is 392 g/mol. The molecule has 1 aliphatic rings. The third kappa shape index (κ3) is 5.05. The van der Waals surface area contributed by atoms with Gasteiger partial charge < -0.3 is 4.74 Å². The maximum Gasteiger partial charge on any atom is 0.414 e. The number of cyclic esters (lactones) is 1. The van der Waals surface area contributed by atoms with Crippen LogP contribution in [0.1, 0.15) is 18.1 Å². The van der Waals surface area contributed by atoms with E-state index in [0.717, 1.165) is 12.0 Å². The zero-order valence-electron chi connectivity index (χ0n) is 14.9. The van der Waals surface area contributed by atoms with Crippen molar-refractivity contribution in [3.8, 4) is 0 Å². The Hall–Kier alpha value is -2.45. The van der Waals surface area contributed by atoms with Crippen molar-refractivity contribution >= 4 is 21.8 Å². The van der Waals surface area contributed by atoms with Crippen molar-refractivity contribution < 1.29 is 22.3 Å². The lowest BCUT2D eigenvalue weighted by atomic mass is 10.1. The van der Waals surface area contributed by atoms with Gasteiger partial charge in [0.25, 0.3) is 0 Å². The molecule has 2 aromatic rings. The molecule has 27 heavy (non-hydrogen) atoms. The van der Waals surface area contributed by atoms with Gasteiger partial charge in [-0.15, -0.1) is 0 Å². The largest absolute Gasteiger partial charge is 0.443 e. The Balaban J connectivity index is 1.56. The van der Waals surface area contributed by atoms with E-state index in [1.54, 1.807) is 0 Å². The van der Waals surface area contributed by atoms with E-state index in [4.69, 9.17) is 4.74 Å². The minimum atomic E-state index is -3.63. The van der Waals surface area contributed by atoms with Crippen molar-refractivity contribution in [3.63, 3.8) is 0 Å². The quantitative estimate of drug-likeness (QED) is 0.786. The molecule has 1 N–H and O–H groups in total. The van der Waals surface area contributed by atoms with E-state index < -0.39 is 28.0 Å². The molecule has 2 aromatic carbocycles. The number of sulfonamides is 1. The first-order valence-corrected chi connectivity index (χ1v) is 10.3. The second-order valence-electron chi connectivity index (χ2n) is 6.37. The van der Waals surface area contributed by atoms with Crippen LogP contribution >= 0.6 is 0 Å². The predicted molar refractivity (Wildman–Crippen MR) is 100 cm³/mol. The highest BCUT2D eigenvalue weighted by molar-refractivity contribution is 7.88. The van der Waals surface area contributed by atoms with Crippen LogP contribution in [0.2, 0.25) is 0 Å². The predicted octanol–water partition coefficient (Wildman–Crippen LogP) is 2.83. The smallest absolute Gasteiger partial charge is 0.414 e. The second kappa shape index (κ2) is 8.06. The maximum absolute atomic E-state index is 12.9. The van der Waals surface area contributed by atoms with Crippen molar-refractivity contribution in [3.05, 3.63) is 65.5 Å². The lowest BCUT2D eigenvalue weighted by molar-refractivity contribution is 0.143. The van der Waals surface area contributed by atoms with Gasteiger partial charge in [-0.05, 0) is 41.8 Å². The summed E-state index contributed by atoms with van der Waals surface area (Å²) >= 11 is 0. The Kier molecular flexibility index (Phi) is 5.76. The molecule has 1 amide bonds. The minimum absolute atomic E-state index is 0.0151. The number of hydrogen-bond acceptors (Lipinski definition) is 4. The number of hydrogen-bond donors (Lipinski definition) is 1. The van der Waals surface area contributed by atoms with Crippen LogP contribution < -0.4 is 9.62 Å². The van der Waals surface area contributed by atoms with Crippen LogP contribution in [0.3, 0.4) is 0 Å². The van der Waals surface area contributed by atoms with Gasteiger partial charge in [-0.3, -0.25) is 4.90 Å². The molecular formula is C19H21FN2O4S. The average Bonchev–Trinajstić information content (AvgIpc) is 3.03. The highest BCUT2D eigenvalue weighted by Gasteiger charge is 2.33. The van der Waals surface area contributed by atoms with Gasteiger partial charge in [-0.1, -0.05) is 31.2 Å². The number of nitrogens with one attached hydrogen (secondary N) is 1. The molecule has 1 atom stereocenters. The molecule has 3 rings (SSSR count). The van der Waals surface area contributed by atoms with Gasteiger partial charge in [0.05, 0.1) is 12.3 Å². The van der Waals surface area contributed by atoms with Crippen LogP contribution in [-0.2, 0) is 26.9 Å². The summed E-state index contributed by atoms with van der Waals surface area (Å²) in [5.41, 5.74) is 2.36. The number of carbonyl (C=O) groups excluding carboxylic acids is 1. The molecule has 0 saturated carbocycles. The zero-order chi connectivity index (χ0) is 19.4. The highest BCUT2D eigenvalue weighted by Crippen LogP contribution is 2.22. The molecule has 1 aliphatic heterocycles. The van der Waals surface area contributed by atoms with Gasteiger partial charge >= 0.3 is 6.09 Å². The van der Waals surface area contributed by atoms with E-state index in [1.165, 1.54) is 29.2 Å². The summed E-state index contributed by atoms with van der Waals surface area (Å²) in [5.74, 6) is -0.690. The van der Waals surface area contributed by atoms with Gasteiger partial charge in [-0.25, -0.2) is 22.3 Å². The number of ether oxygens (including phenoxy) is 1. The Morgan fingerprint density at radius 1 is 1.11 bits per heavy atom. The fourth-order valence-corrected chi connectivity index (χ4v) is 3.99. The number of nitrogens with zero attached hydrogens (tertiary/aromatic N) is 1. The van der Waals surface area contributed by atoms with Crippen LogP contribution in [0.5, 0.6) is 0 Å². The second-order valence-corrected chi connectivity index (χ2v) is 8.18. The van der Waals surface area contributed by atoms with Gasteiger partial charge in [0.2, 0.25) is 10.0 Å². The summed E-state index contributed by atoms with van der Waals surface area (Å²) < 4.78 is 45.0. The summed E-state index contributed by atoms with van der Waals surface area (Å²) in [6.07, 6.45) is -0.170. The van der Waals surface area contributed by atoms with Gasteiger partial charge in [-0.2, -0.15) is 0 Å². The average molecular weight is 392 g/mol. The first-order chi connectivity index (χ1) is 12.9. The number of halogens is 1. The molecule has 1 saturated heterocycles. The summed E-state index contributed by atoms with van der Waals surface area (Å²) in [5, 5.41) is 0. The maximum atomic E-state index is 12.9. The molecule has 0 aromatic heterocycles. The molecule has 6 nitrogen and oxygen atoms in total. The third-order valence-electron chi connectivity index (χ3n) is 4.33.